The quantitative estimate of drug-likeness (QED) is 0.825. The van der Waals surface area contributed by atoms with Gasteiger partial charge in [0.15, 0.2) is 0 Å². The van der Waals surface area contributed by atoms with Gasteiger partial charge in [0.2, 0.25) is 0 Å². The predicted octanol–water partition coefficient (Wildman–Crippen LogP) is 2.88. The van der Waals surface area contributed by atoms with Crippen molar-refractivity contribution < 1.29 is 9.90 Å². The van der Waals surface area contributed by atoms with Gasteiger partial charge in [0.1, 0.15) is 0 Å². The molecule has 0 bridgehead atoms. The van der Waals surface area contributed by atoms with Gasteiger partial charge in [0, 0.05) is 0 Å². The summed E-state index contributed by atoms with van der Waals surface area (Å²) in [5.74, 6) is -1.04. The van der Waals surface area contributed by atoms with E-state index in [4.69, 9.17) is 5.11 Å². The molecule has 2 nitrogen and oxygen atoms in total. The van der Waals surface area contributed by atoms with Crippen LogP contribution in [0.1, 0.15) is 29.2 Å². The maximum Gasteiger partial charge on any atom is 0.306 e. The molecule has 1 N–H and O–H groups in total. The highest BCUT2D eigenvalue weighted by Gasteiger charge is 2.14. The second-order valence-corrected chi connectivity index (χ2v) is 4.32. The molecule has 0 aliphatic rings. The highest BCUT2D eigenvalue weighted by Crippen LogP contribution is 2.19. The number of carbonyl (C=O) groups is 1. The molecule has 0 aromatic heterocycles. The van der Waals surface area contributed by atoms with Crippen molar-refractivity contribution in [1.82, 2.24) is 0 Å². The second kappa shape index (κ2) is 4.47. The minimum absolute atomic E-state index is 0.315. The Morgan fingerprint density at radius 3 is 2.13 bits per heavy atom. The molecule has 82 valence electrons. The van der Waals surface area contributed by atoms with Crippen LogP contribution in [-0.4, -0.2) is 11.1 Å². The molecule has 1 atom stereocenters. The first-order chi connectivity index (χ1) is 6.91. The molecule has 0 saturated carbocycles. The minimum atomic E-state index is -0.727. The van der Waals surface area contributed by atoms with Crippen LogP contribution in [0, 0.1) is 26.7 Å². The van der Waals surface area contributed by atoms with Gasteiger partial charge >= 0.3 is 5.97 Å². The Kier molecular flexibility index (Phi) is 3.51. The summed E-state index contributed by atoms with van der Waals surface area (Å²) in [6.07, 6.45) is 0.618. The van der Waals surface area contributed by atoms with Crippen LogP contribution in [0.5, 0.6) is 0 Å². The number of carboxylic acid groups (broad SMARTS) is 1. The fourth-order valence-corrected chi connectivity index (χ4v) is 1.93. The van der Waals surface area contributed by atoms with E-state index in [1.165, 1.54) is 22.3 Å². The van der Waals surface area contributed by atoms with Crippen molar-refractivity contribution in [3.8, 4) is 0 Å². The lowest BCUT2D eigenvalue weighted by Crippen LogP contribution is -2.13. The van der Waals surface area contributed by atoms with Crippen LogP contribution in [0.3, 0.4) is 0 Å². The molecule has 15 heavy (non-hydrogen) atoms. The van der Waals surface area contributed by atoms with Gasteiger partial charge in [0.05, 0.1) is 5.92 Å². The topological polar surface area (TPSA) is 37.3 Å². The molecule has 0 amide bonds. The van der Waals surface area contributed by atoms with E-state index in [0.29, 0.717) is 6.42 Å². The van der Waals surface area contributed by atoms with Crippen molar-refractivity contribution in [3.05, 3.63) is 34.4 Å². The standard InChI is InChI=1S/C13H18O2/c1-8-5-9(2)12(10(3)6-8)7-11(4)13(14)15/h5-6,11H,7H2,1-4H3,(H,14,15). The summed E-state index contributed by atoms with van der Waals surface area (Å²) in [6, 6.07) is 4.22. The van der Waals surface area contributed by atoms with Gasteiger partial charge in [-0.2, -0.15) is 0 Å². The highest BCUT2D eigenvalue weighted by atomic mass is 16.4. The number of benzene rings is 1. The van der Waals surface area contributed by atoms with Crippen LogP contribution in [0.2, 0.25) is 0 Å². The SMILES string of the molecule is Cc1cc(C)c(CC(C)C(=O)O)c(C)c1. The van der Waals surface area contributed by atoms with E-state index < -0.39 is 5.97 Å². The normalized spacial score (nSPS) is 12.5. The van der Waals surface area contributed by atoms with Crippen molar-refractivity contribution in [2.45, 2.75) is 34.1 Å². The fourth-order valence-electron chi connectivity index (χ4n) is 1.93. The van der Waals surface area contributed by atoms with Crippen LogP contribution in [0.15, 0.2) is 12.1 Å². The largest absolute Gasteiger partial charge is 0.481 e. The summed E-state index contributed by atoms with van der Waals surface area (Å²) in [6.45, 7) is 7.90. The smallest absolute Gasteiger partial charge is 0.306 e. The molecule has 0 heterocycles. The van der Waals surface area contributed by atoms with E-state index in [0.717, 1.165) is 0 Å². The van der Waals surface area contributed by atoms with Crippen LogP contribution >= 0.6 is 0 Å². The number of aryl methyl sites for hydroxylation is 3. The van der Waals surface area contributed by atoms with Gasteiger partial charge in [0.25, 0.3) is 0 Å². The zero-order chi connectivity index (χ0) is 11.6. The lowest BCUT2D eigenvalue weighted by atomic mass is 9.92. The Hall–Kier alpha value is -1.31. The number of aliphatic carboxylic acids is 1. The third-order valence-corrected chi connectivity index (χ3v) is 2.77. The van der Waals surface area contributed by atoms with Crippen LogP contribution in [0.4, 0.5) is 0 Å². The molecule has 0 radical (unpaired) electrons. The molecule has 1 unspecified atom stereocenters. The van der Waals surface area contributed by atoms with Crippen molar-refractivity contribution in [3.63, 3.8) is 0 Å². The van der Waals surface area contributed by atoms with E-state index in [9.17, 15) is 4.79 Å². The first kappa shape index (κ1) is 11.8. The number of rotatable bonds is 3. The summed E-state index contributed by atoms with van der Waals surface area (Å²) in [7, 11) is 0. The van der Waals surface area contributed by atoms with Crippen LogP contribution < -0.4 is 0 Å². The maximum absolute atomic E-state index is 10.8. The molecular formula is C13H18O2. The zero-order valence-electron chi connectivity index (χ0n) is 9.79. The molecule has 1 aromatic carbocycles. The minimum Gasteiger partial charge on any atom is -0.481 e. The molecular weight excluding hydrogens is 188 g/mol. The summed E-state index contributed by atoms with van der Waals surface area (Å²) >= 11 is 0. The van der Waals surface area contributed by atoms with Crippen molar-refractivity contribution >= 4 is 5.97 Å². The zero-order valence-corrected chi connectivity index (χ0v) is 9.79. The van der Waals surface area contributed by atoms with E-state index >= 15 is 0 Å². The predicted molar refractivity (Wildman–Crippen MR) is 61.2 cm³/mol. The number of carboxylic acids is 1. The monoisotopic (exact) mass is 206 g/mol. The van der Waals surface area contributed by atoms with Gasteiger partial charge in [-0.1, -0.05) is 24.6 Å². The second-order valence-electron chi connectivity index (χ2n) is 4.32. The molecule has 0 saturated heterocycles. The van der Waals surface area contributed by atoms with Crippen molar-refractivity contribution in [2.75, 3.05) is 0 Å². The van der Waals surface area contributed by atoms with Gasteiger partial charge < -0.3 is 5.11 Å². The Morgan fingerprint density at radius 1 is 1.27 bits per heavy atom. The fraction of sp³-hybridized carbons (Fsp3) is 0.462. The molecule has 2 heteroatoms. The summed E-state index contributed by atoms with van der Waals surface area (Å²) in [5.41, 5.74) is 4.80. The van der Waals surface area contributed by atoms with E-state index in [1.807, 2.05) is 13.8 Å². The van der Waals surface area contributed by atoms with Gasteiger partial charge in [-0.15, -0.1) is 0 Å². The van der Waals surface area contributed by atoms with E-state index in [1.54, 1.807) is 6.92 Å². The highest BCUT2D eigenvalue weighted by molar-refractivity contribution is 5.70. The van der Waals surface area contributed by atoms with Crippen LogP contribution in [0.25, 0.3) is 0 Å². The molecule has 0 spiro atoms. The molecule has 1 aromatic rings. The maximum atomic E-state index is 10.8. The summed E-state index contributed by atoms with van der Waals surface area (Å²) in [5, 5.41) is 8.88. The molecule has 0 aliphatic carbocycles. The number of hydrogen-bond acceptors (Lipinski definition) is 1. The first-order valence-electron chi connectivity index (χ1n) is 5.21. The third kappa shape index (κ3) is 2.82. The average Bonchev–Trinajstić information content (AvgIpc) is 2.10. The van der Waals surface area contributed by atoms with Gasteiger partial charge in [-0.25, -0.2) is 0 Å². The van der Waals surface area contributed by atoms with Gasteiger partial charge in [-0.05, 0) is 43.9 Å². The van der Waals surface area contributed by atoms with Crippen LogP contribution in [-0.2, 0) is 11.2 Å². The lowest BCUT2D eigenvalue weighted by molar-refractivity contribution is -0.141. The Bertz CT molecular complexity index is 357. The molecule has 1 rings (SSSR count). The third-order valence-electron chi connectivity index (χ3n) is 2.77. The van der Waals surface area contributed by atoms with E-state index in [2.05, 4.69) is 19.1 Å². The molecule has 0 aliphatic heterocycles. The first-order valence-corrected chi connectivity index (χ1v) is 5.21. The van der Waals surface area contributed by atoms with Crippen molar-refractivity contribution in [1.29, 1.82) is 0 Å². The number of hydrogen-bond donors (Lipinski definition) is 1. The summed E-state index contributed by atoms with van der Waals surface area (Å²) < 4.78 is 0. The summed E-state index contributed by atoms with van der Waals surface area (Å²) in [4.78, 5) is 10.8. The molecule has 0 fully saturated rings. The van der Waals surface area contributed by atoms with E-state index in [-0.39, 0.29) is 5.92 Å². The van der Waals surface area contributed by atoms with Crippen molar-refractivity contribution in [2.24, 2.45) is 5.92 Å². The average molecular weight is 206 g/mol. The Morgan fingerprint density at radius 2 is 1.73 bits per heavy atom. The Balaban J connectivity index is 3.00. The Labute approximate surface area is 90.9 Å². The van der Waals surface area contributed by atoms with Gasteiger partial charge in [-0.3, -0.25) is 4.79 Å². The lowest BCUT2D eigenvalue weighted by Gasteiger charge is -2.13.